The molecule has 4 heteroatoms. The molecule has 0 aromatic rings. The second-order valence-corrected chi connectivity index (χ2v) is 1.58. The summed E-state index contributed by atoms with van der Waals surface area (Å²) in [5.74, 6) is 0. The van der Waals surface area contributed by atoms with E-state index in [1.807, 2.05) is 0 Å². The Labute approximate surface area is 64.3 Å². The van der Waals surface area contributed by atoms with Crippen LogP contribution in [0.4, 0.5) is 0 Å². The lowest BCUT2D eigenvalue weighted by Gasteiger charge is -1.83. The van der Waals surface area contributed by atoms with Gasteiger partial charge in [-0.15, -0.1) is 0 Å². The summed E-state index contributed by atoms with van der Waals surface area (Å²) in [6.07, 6.45) is 10.4. The normalized spacial score (nSPS) is 21.8. The van der Waals surface area contributed by atoms with E-state index in [1.165, 1.54) is 31.4 Å². The zero-order valence-corrected chi connectivity index (χ0v) is 5.79. The molecule has 1 aliphatic heterocycles. The van der Waals surface area contributed by atoms with Crippen molar-refractivity contribution in [3.8, 4) is 0 Å². The van der Waals surface area contributed by atoms with Crippen molar-refractivity contribution in [2.24, 2.45) is 15.0 Å². The molecule has 0 bridgehead atoms. The van der Waals surface area contributed by atoms with Gasteiger partial charge in [0.25, 0.3) is 0 Å². The molecule has 4 nitrogen and oxygen atoms in total. The maximum atomic E-state index is 4.84. The molecule has 0 N–H and O–H groups in total. The lowest BCUT2D eigenvalue weighted by molar-refractivity contribution is 0.402. The van der Waals surface area contributed by atoms with Crippen LogP contribution in [-0.4, -0.2) is 18.9 Å². The van der Waals surface area contributed by atoms with Gasteiger partial charge in [-0.2, -0.15) is 0 Å². The highest BCUT2D eigenvalue weighted by molar-refractivity contribution is 5.82. The van der Waals surface area contributed by atoms with Crippen molar-refractivity contribution >= 4 is 18.9 Å². The Morgan fingerprint density at radius 1 is 0.909 bits per heavy atom. The predicted octanol–water partition coefficient (Wildman–Crippen LogP) is 1.13. The van der Waals surface area contributed by atoms with Crippen LogP contribution < -0.4 is 0 Å². The third-order valence-corrected chi connectivity index (χ3v) is 0.821. The van der Waals surface area contributed by atoms with E-state index in [0.717, 1.165) is 0 Å². The number of hydrogen-bond donors (Lipinski definition) is 0. The topological polar surface area (TPSA) is 46.3 Å². The van der Waals surface area contributed by atoms with E-state index in [0.29, 0.717) is 0 Å². The van der Waals surface area contributed by atoms with Crippen molar-refractivity contribution in [3.05, 3.63) is 24.8 Å². The van der Waals surface area contributed by atoms with E-state index < -0.39 is 0 Å². The lowest BCUT2D eigenvalue weighted by atomic mass is 10.7. The van der Waals surface area contributed by atoms with E-state index >= 15 is 0 Å². The Bertz CT molecular complexity index is 214. The summed E-state index contributed by atoms with van der Waals surface area (Å²) in [6.45, 7) is 0. The number of nitrogens with zero attached hydrogens (tertiary/aromatic N) is 3. The number of ether oxygens (including phenoxy) is 1. The van der Waals surface area contributed by atoms with Crippen molar-refractivity contribution in [1.29, 1.82) is 0 Å². The van der Waals surface area contributed by atoms with Gasteiger partial charge >= 0.3 is 0 Å². The Hall–Kier alpha value is -1.71. The number of allylic oxidation sites excluding steroid dienone is 1. The number of hydrogen-bond acceptors (Lipinski definition) is 4. The summed E-state index contributed by atoms with van der Waals surface area (Å²) >= 11 is 0. The number of aliphatic imine (C=N–C) groups is 3. The van der Waals surface area contributed by atoms with E-state index in [2.05, 4.69) is 15.0 Å². The molecule has 0 aromatic carbocycles. The van der Waals surface area contributed by atoms with E-state index in [1.54, 1.807) is 12.3 Å². The molecule has 0 saturated heterocycles. The molecule has 0 atom stereocenters. The third-order valence-electron chi connectivity index (χ3n) is 0.821. The van der Waals surface area contributed by atoms with Crippen molar-refractivity contribution in [2.45, 2.75) is 0 Å². The first-order valence-electron chi connectivity index (χ1n) is 3.02. The van der Waals surface area contributed by atoms with Gasteiger partial charge in [-0.05, 0) is 6.08 Å². The summed E-state index contributed by atoms with van der Waals surface area (Å²) in [5.41, 5.74) is 0. The highest BCUT2D eigenvalue weighted by Crippen LogP contribution is 1.81. The average molecular weight is 149 g/mol. The SMILES string of the molecule is C1=NC=NC=N/C=C\O/C=C\1. The Balaban J connectivity index is 2.61. The molecular formula is C7H7N3O. The standard InChI is InChI=1S/C7H7N3O/c1-2-8-6-10-7-9-3-5-11-4-1/h1-7H/b4-1-,5-3-,8-2?,9-7?,10-6?. The molecule has 0 amide bonds. The second kappa shape index (κ2) is 5.10. The van der Waals surface area contributed by atoms with Gasteiger partial charge in [0.2, 0.25) is 0 Å². The minimum Gasteiger partial charge on any atom is -0.471 e. The van der Waals surface area contributed by atoms with Gasteiger partial charge in [0.05, 0.1) is 12.5 Å². The molecule has 0 radical (unpaired) electrons. The van der Waals surface area contributed by atoms with Crippen molar-refractivity contribution in [3.63, 3.8) is 0 Å². The minimum atomic E-state index is 1.38. The van der Waals surface area contributed by atoms with Crippen LogP contribution in [0.2, 0.25) is 0 Å². The summed E-state index contributed by atoms with van der Waals surface area (Å²) in [4.78, 5) is 11.2. The molecule has 0 aromatic heterocycles. The molecule has 0 saturated carbocycles. The van der Waals surface area contributed by atoms with Crippen LogP contribution >= 0.6 is 0 Å². The monoisotopic (exact) mass is 149 g/mol. The van der Waals surface area contributed by atoms with Gasteiger partial charge in [-0.3, -0.25) is 0 Å². The third kappa shape index (κ3) is 3.80. The van der Waals surface area contributed by atoms with Gasteiger partial charge < -0.3 is 4.74 Å². The summed E-state index contributed by atoms with van der Waals surface area (Å²) in [6, 6.07) is 0. The van der Waals surface area contributed by atoms with Gasteiger partial charge in [0.15, 0.2) is 0 Å². The first-order chi connectivity index (χ1) is 5.50. The molecule has 11 heavy (non-hydrogen) atoms. The van der Waals surface area contributed by atoms with Crippen molar-refractivity contribution in [2.75, 3.05) is 0 Å². The quantitative estimate of drug-likeness (QED) is 0.509. The average Bonchev–Trinajstić information content (AvgIpc) is 2.08. The Morgan fingerprint density at radius 3 is 2.82 bits per heavy atom. The largest absolute Gasteiger partial charge is 0.471 e. The Kier molecular flexibility index (Phi) is 3.43. The van der Waals surface area contributed by atoms with Gasteiger partial charge in [0, 0.05) is 6.21 Å². The van der Waals surface area contributed by atoms with E-state index in [9.17, 15) is 0 Å². The van der Waals surface area contributed by atoms with Crippen molar-refractivity contribution < 1.29 is 4.74 Å². The van der Waals surface area contributed by atoms with Crippen LogP contribution in [0.15, 0.2) is 39.8 Å². The smallest absolute Gasteiger partial charge is 0.117 e. The zero-order valence-electron chi connectivity index (χ0n) is 5.79. The van der Waals surface area contributed by atoms with Crippen LogP contribution in [0.1, 0.15) is 0 Å². The van der Waals surface area contributed by atoms with E-state index in [4.69, 9.17) is 4.74 Å². The zero-order chi connectivity index (χ0) is 7.78. The molecule has 56 valence electrons. The summed E-state index contributed by atoms with van der Waals surface area (Å²) in [5, 5.41) is 0. The molecule has 0 fully saturated rings. The van der Waals surface area contributed by atoms with Crippen LogP contribution in [0.5, 0.6) is 0 Å². The van der Waals surface area contributed by atoms with Crippen LogP contribution in [0.25, 0.3) is 0 Å². The minimum absolute atomic E-state index is 1.38. The molecule has 1 aliphatic rings. The molecule has 0 unspecified atom stereocenters. The highest BCUT2D eigenvalue weighted by Gasteiger charge is 1.69. The first kappa shape index (κ1) is 7.40. The second-order valence-electron chi connectivity index (χ2n) is 1.58. The van der Waals surface area contributed by atoms with Crippen LogP contribution in [-0.2, 0) is 4.74 Å². The fourth-order valence-electron chi connectivity index (χ4n) is 0.430. The maximum absolute atomic E-state index is 4.84. The Morgan fingerprint density at radius 2 is 1.82 bits per heavy atom. The first-order valence-corrected chi connectivity index (χ1v) is 3.02. The van der Waals surface area contributed by atoms with Gasteiger partial charge in [-0.1, -0.05) is 0 Å². The summed E-state index contributed by atoms with van der Waals surface area (Å²) < 4.78 is 4.84. The summed E-state index contributed by atoms with van der Waals surface area (Å²) in [7, 11) is 0. The van der Waals surface area contributed by atoms with Crippen LogP contribution in [0, 0.1) is 0 Å². The van der Waals surface area contributed by atoms with E-state index in [-0.39, 0.29) is 0 Å². The van der Waals surface area contributed by atoms with Gasteiger partial charge in [0.1, 0.15) is 18.9 Å². The highest BCUT2D eigenvalue weighted by atomic mass is 16.5. The van der Waals surface area contributed by atoms with Crippen molar-refractivity contribution in [1.82, 2.24) is 0 Å². The number of rotatable bonds is 0. The fraction of sp³-hybridized carbons (Fsp3) is 0. The molecule has 0 aliphatic carbocycles. The maximum Gasteiger partial charge on any atom is 0.117 e. The molecule has 1 rings (SSSR count). The van der Waals surface area contributed by atoms with Gasteiger partial charge in [-0.25, -0.2) is 15.0 Å². The molecule has 1 heterocycles. The molecular weight excluding hydrogens is 142 g/mol. The van der Waals surface area contributed by atoms with Crippen LogP contribution in [0.3, 0.4) is 0 Å². The predicted molar refractivity (Wildman–Crippen MR) is 44.8 cm³/mol. The molecule has 0 spiro atoms. The lowest BCUT2D eigenvalue weighted by Crippen LogP contribution is -1.69. The fourth-order valence-corrected chi connectivity index (χ4v) is 0.430.